The zero-order valence-electron chi connectivity index (χ0n) is 19.1. The summed E-state index contributed by atoms with van der Waals surface area (Å²) in [6.45, 7) is 6.25. The summed E-state index contributed by atoms with van der Waals surface area (Å²) in [4.78, 5) is 15.2. The van der Waals surface area contributed by atoms with E-state index < -0.39 is 0 Å². The van der Waals surface area contributed by atoms with E-state index in [9.17, 15) is 4.79 Å². The van der Waals surface area contributed by atoms with Gasteiger partial charge in [-0.2, -0.15) is 0 Å². The zero-order chi connectivity index (χ0) is 21.7. The van der Waals surface area contributed by atoms with E-state index in [1.165, 1.54) is 25.7 Å². The Hall–Kier alpha value is -1.79. The van der Waals surface area contributed by atoms with Gasteiger partial charge >= 0.3 is 0 Å². The highest BCUT2D eigenvalue weighted by atomic mass is 16.5. The van der Waals surface area contributed by atoms with E-state index >= 15 is 0 Å². The van der Waals surface area contributed by atoms with Gasteiger partial charge in [0.15, 0.2) is 11.5 Å². The number of methoxy groups -OCH3 is 1. The van der Waals surface area contributed by atoms with Crippen LogP contribution in [0.3, 0.4) is 0 Å². The molecule has 1 atom stereocenters. The average molecular weight is 432 g/mol. The molecule has 1 aromatic carbocycles. The minimum absolute atomic E-state index is 0.0596. The lowest BCUT2D eigenvalue weighted by Gasteiger charge is -2.37. The maximum Gasteiger partial charge on any atom is 0.223 e. The highest BCUT2D eigenvalue weighted by Crippen LogP contribution is 2.33. The number of carbonyl (C=O) groups excluding carboxylic acids is 1. The molecule has 0 N–H and O–H groups in total. The molecule has 31 heavy (non-hydrogen) atoms. The highest BCUT2D eigenvalue weighted by Gasteiger charge is 2.34. The third-order valence-corrected chi connectivity index (χ3v) is 6.82. The van der Waals surface area contributed by atoms with Crippen molar-refractivity contribution >= 4 is 5.91 Å². The van der Waals surface area contributed by atoms with E-state index in [4.69, 9.17) is 18.9 Å². The highest BCUT2D eigenvalue weighted by molar-refractivity contribution is 5.76. The van der Waals surface area contributed by atoms with Crippen LogP contribution in [0.1, 0.15) is 57.4 Å². The summed E-state index contributed by atoms with van der Waals surface area (Å²) >= 11 is 0. The van der Waals surface area contributed by atoms with Gasteiger partial charge < -0.3 is 23.8 Å². The normalized spacial score (nSPS) is 22.8. The molecular weight excluding hydrogens is 394 g/mol. The Balaban J connectivity index is 1.44. The van der Waals surface area contributed by atoms with E-state index in [0.29, 0.717) is 32.0 Å². The minimum atomic E-state index is 0.0596. The first-order valence-electron chi connectivity index (χ1n) is 11.8. The molecule has 2 saturated heterocycles. The van der Waals surface area contributed by atoms with Gasteiger partial charge in [-0.05, 0) is 49.3 Å². The van der Waals surface area contributed by atoms with E-state index in [1.54, 1.807) is 7.11 Å². The van der Waals surface area contributed by atoms with Crippen LogP contribution in [0.15, 0.2) is 18.2 Å². The molecule has 6 heteroatoms. The van der Waals surface area contributed by atoms with E-state index in [-0.39, 0.29) is 17.4 Å². The number of amides is 1. The molecule has 3 fully saturated rings. The molecule has 1 aromatic rings. The molecule has 6 nitrogen and oxygen atoms in total. The summed E-state index contributed by atoms with van der Waals surface area (Å²) in [5.74, 6) is 2.24. The third-order valence-electron chi connectivity index (χ3n) is 6.82. The number of nitrogens with zero attached hydrogens (tertiary/aromatic N) is 1. The maximum atomic E-state index is 13.2. The molecule has 1 amide bonds. The fourth-order valence-electron chi connectivity index (χ4n) is 4.82. The van der Waals surface area contributed by atoms with Gasteiger partial charge in [0.25, 0.3) is 0 Å². The Labute approximate surface area is 186 Å². The smallest absolute Gasteiger partial charge is 0.223 e. The van der Waals surface area contributed by atoms with E-state index in [0.717, 1.165) is 49.7 Å². The number of hydrogen-bond donors (Lipinski definition) is 0. The van der Waals surface area contributed by atoms with Crippen LogP contribution in [-0.4, -0.2) is 57.0 Å². The first-order chi connectivity index (χ1) is 15.0. The fraction of sp³-hybridized carbons (Fsp3) is 0.720. The van der Waals surface area contributed by atoms with Gasteiger partial charge in [-0.25, -0.2) is 0 Å². The number of rotatable bonds is 10. The second-order valence-electron chi connectivity index (χ2n) is 9.84. The summed E-state index contributed by atoms with van der Waals surface area (Å²) < 4.78 is 22.8. The molecule has 1 saturated carbocycles. The van der Waals surface area contributed by atoms with Crippen LogP contribution in [0.5, 0.6) is 11.5 Å². The molecule has 4 rings (SSSR count). The van der Waals surface area contributed by atoms with Gasteiger partial charge in [0.1, 0.15) is 0 Å². The van der Waals surface area contributed by atoms with Crippen molar-refractivity contribution < 1.29 is 23.7 Å². The van der Waals surface area contributed by atoms with Crippen molar-refractivity contribution in [3.63, 3.8) is 0 Å². The summed E-state index contributed by atoms with van der Waals surface area (Å²) in [5.41, 5.74) is 1.12. The van der Waals surface area contributed by atoms with Crippen molar-refractivity contribution in [2.45, 2.75) is 64.5 Å². The second-order valence-corrected chi connectivity index (χ2v) is 9.84. The molecule has 0 unspecified atom stereocenters. The molecule has 2 heterocycles. The molecule has 0 bridgehead atoms. The lowest BCUT2D eigenvalue weighted by Crippen LogP contribution is -2.44. The van der Waals surface area contributed by atoms with Crippen LogP contribution in [-0.2, 0) is 20.8 Å². The van der Waals surface area contributed by atoms with E-state index in [1.807, 2.05) is 23.1 Å². The van der Waals surface area contributed by atoms with Crippen molar-refractivity contribution in [3.8, 4) is 11.5 Å². The number of ether oxygens (including phenoxy) is 4. The molecule has 3 aliphatic rings. The first-order valence-corrected chi connectivity index (χ1v) is 11.8. The predicted octanol–water partition coefficient (Wildman–Crippen LogP) is 4.20. The van der Waals surface area contributed by atoms with Gasteiger partial charge in [-0.1, -0.05) is 25.8 Å². The predicted molar refractivity (Wildman–Crippen MR) is 118 cm³/mol. The lowest BCUT2D eigenvalue weighted by molar-refractivity contribution is -0.134. The fourth-order valence-corrected chi connectivity index (χ4v) is 4.82. The standard InChI is InChI=1S/C25H37NO5/c1-25(16-29-17-25)18-31-23-12-20(9-10-22(23)28-2)14-26(15-21-8-5-11-30-21)24(27)13-19-6-3-4-7-19/h9-10,12,19,21H,3-8,11,13-18H2,1-2H3/t21-/m0/s1. The number of benzene rings is 1. The summed E-state index contributed by atoms with van der Waals surface area (Å²) in [7, 11) is 1.66. The molecule has 1 aliphatic carbocycles. The van der Waals surface area contributed by atoms with Crippen LogP contribution in [0.25, 0.3) is 0 Å². The van der Waals surface area contributed by atoms with E-state index in [2.05, 4.69) is 6.92 Å². The van der Waals surface area contributed by atoms with Gasteiger partial charge in [0.2, 0.25) is 5.91 Å². The molecule has 2 aliphatic heterocycles. The SMILES string of the molecule is COc1ccc(CN(C[C@@H]2CCCO2)C(=O)CC2CCCC2)cc1OCC1(C)COC1. The van der Waals surface area contributed by atoms with Crippen LogP contribution in [0.2, 0.25) is 0 Å². The zero-order valence-corrected chi connectivity index (χ0v) is 19.1. The van der Waals surface area contributed by atoms with Crippen LogP contribution in [0.4, 0.5) is 0 Å². The summed E-state index contributed by atoms with van der Waals surface area (Å²) in [5, 5.41) is 0. The van der Waals surface area contributed by atoms with Crippen molar-refractivity contribution in [1.29, 1.82) is 0 Å². The Morgan fingerprint density at radius 1 is 1.16 bits per heavy atom. The molecule has 0 spiro atoms. The topological polar surface area (TPSA) is 57.2 Å². The van der Waals surface area contributed by atoms with Crippen LogP contribution < -0.4 is 9.47 Å². The average Bonchev–Trinajstić information content (AvgIpc) is 3.45. The lowest BCUT2D eigenvalue weighted by atomic mass is 9.90. The van der Waals surface area contributed by atoms with Gasteiger partial charge in [-0.15, -0.1) is 0 Å². The van der Waals surface area contributed by atoms with Gasteiger partial charge in [0.05, 0.1) is 33.0 Å². The second kappa shape index (κ2) is 10.2. The first kappa shape index (κ1) is 22.4. The summed E-state index contributed by atoms with van der Waals surface area (Å²) in [6, 6.07) is 5.99. The molecule has 0 radical (unpaired) electrons. The minimum Gasteiger partial charge on any atom is -0.493 e. The summed E-state index contributed by atoms with van der Waals surface area (Å²) in [6.07, 6.45) is 7.80. The molecular formula is C25H37NO5. The largest absolute Gasteiger partial charge is 0.493 e. The number of carbonyl (C=O) groups is 1. The van der Waals surface area contributed by atoms with Crippen molar-refractivity contribution in [1.82, 2.24) is 4.90 Å². The van der Waals surface area contributed by atoms with Crippen LogP contribution >= 0.6 is 0 Å². The van der Waals surface area contributed by atoms with Gasteiger partial charge in [0, 0.05) is 31.5 Å². The molecule has 172 valence electrons. The quantitative estimate of drug-likeness (QED) is 0.556. The maximum absolute atomic E-state index is 13.2. The van der Waals surface area contributed by atoms with Crippen molar-refractivity contribution in [2.75, 3.05) is 40.1 Å². The van der Waals surface area contributed by atoms with Gasteiger partial charge in [-0.3, -0.25) is 4.79 Å². The Morgan fingerprint density at radius 2 is 1.97 bits per heavy atom. The van der Waals surface area contributed by atoms with Crippen molar-refractivity contribution in [2.24, 2.45) is 11.3 Å². The van der Waals surface area contributed by atoms with Crippen LogP contribution in [0, 0.1) is 11.3 Å². The Kier molecular flexibility index (Phi) is 7.39. The Bertz CT molecular complexity index is 735. The van der Waals surface area contributed by atoms with Crippen molar-refractivity contribution in [3.05, 3.63) is 23.8 Å². The Morgan fingerprint density at radius 3 is 2.61 bits per heavy atom. The number of hydrogen-bond acceptors (Lipinski definition) is 5. The monoisotopic (exact) mass is 431 g/mol. The molecule has 0 aromatic heterocycles. The third kappa shape index (κ3) is 5.92.